The van der Waals surface area contributed by atoms with Crippen molar-refractivity contribution in [2.24, 2.45) is 0 Å². The quantitative estimate of drug-likeness (QED) is 0.876. The van der Waals surface area contributed by atoms with E-state index in [2.05, 4.69) is 34.3 Å². The molecule has 2 aromatic rings. The van der Waals surface area contributed by atoms with Crippen molar-refractivity contribution in [1.82, 2.24) is 20.0 Å². The minimum absolute atomic E-state index is 0.218. The molecule has 1 aliphatic carbocycles. The van der Waals surface area contributed by atoms with Gasteiger partial charge in [0.15, 0.2) is 5.82 Å². The van der Waals surface area contributed by atoms with Gasteiger partial charge in [-0.1, -0.05) is 19.0 Å². The largest absolute Gasteiger partial charge is 0.374 e. The van der Waals surface area contributed by atoms with Crippen LogP contribution in [0.2, 0.25) is 0 Å². The zero-order valence-electron chi connectivity index (χ0n) is 15.1. The van der Waals surface area contributed by atoms with Gasteiger partial charge in [0.1, 0.15) is 11.9 Å². The van der Waals surface area contributed by atoms with Crippen molar-refractivity contribution < 1.29 is 14.1 Å². The molecule has 2 aromatic heterocycles. The van der Waals surface area contributed by atoms with Crippen molar-refractivity contribution in [1.29, 1.82) is 0 Å². The van der Waals surface area contributed by atoms with Gasteiger partial charge in [0, 0.05) is 12.5 Å². The fraction of sp³-hybridized carbons (Fsp3) is 0.647. The molecule has 1 aliphatic heterocycles. The highest BCUT2D eigenvalue weighted by atomic mass is 32.1. The first-order valence-corrected chi connectivity index (χ1v) is 9.88. The molecule has 3 heterocycles. The Labute approximate surface area is 155 Å². The number of ether oxygens (including phenoxy) is 1. The Morgan fingerprint density at radius 2 is 2.23 bits per heavy atom. The highest BCUT2D eigenvalue weighted by Crippen LogP contribution is 2.39. The molecule has 8 nitrogen and oxygen atoms in total. The van der Waals surface area contributed by atoms with Gasteiger partial charge in [0.2, 0.25) is 0 Å². The molecular weight excluding hydrogens is 354 g/mol. The molecule has 2 amide bonds. The molecule has 1 saturated heterocycles. The second-order valence-corrected chi connectivity index (χ2v) is 8.02. The normalized spacial score (nSPS) is 23.5. The summed E-state index contributed by atoms with van der Waals surface area (Å²) in [5, 5.41) is 7.03. The van der Waals surface area contributed by atoms with Gasteiger partial charge in [0.25, 0.3) is 5.89 Å². The first kappa shape index (κ1) is 17.4. The average Bonchev–Trinajstić information content (AvgIpc) is 3.16. The Morgan fingerprint density at radius 3 is 2.96 bits per heavy atom. The summed E-state index contributed by atoms with van der Waals surface area (Å²) >= 11 is 1.55. The van der Waals surface area contributed by atoms with Gasteiger partial charge in [-0.2, -0.15) is 4.98 Å². The molecule has 140 valence electrons. The van der Waals surface area contributed by atoms with E-state index in [1.807, 2.05) is 6.92 Å². The zero-order valence-corrected chi connectivity index (χ0v) is 16.0. The van der Waals surface area contributed by atoms with Gasteiger partial charge in [-0.3, -0.25) is 5.32 Å². The second-order valence-electron chi connectivity index (χ2n) is 7.13. The first-order valence-electron chi connectivity index (χ1n) is 9.00. The molecule has 0 radical (unpaired) electrons. The molecule has 1 N–H and O–H groups in total. The molecule has 2 aliphatic rings. The van der Waals surface area contributed by atoms with E-state index in [1.165, 1.54) is 0 Å². The Balaban J connectivity index is 1.55. The SMILES string of the molecule is CC(C)c1scnc1NC(=O)N1CCO[C@H](C)[C@H]1c1nc(C2CC2)no1. The Hall–Kier alpha value is -2.00. The van der Waals surface area contributed by atoms with Gasteiger partial charge >= 0.3 is 6.03 Å². The lowest BCUT2D eigenvalue weighted by Crippen LogP contribution is -2.49. The molecule has 0 bridgehead atoms. The number of morpholine rings is 1. The third-order valence-electron chi connectivity index (χ3n) is 4.75. The minimum atomic E-state index is -0.398. The summed E-state index contributed by atoms with van der Waals surface area (Å²) in [6.45, 7) is 7.03. The van der Waals surface area contributed by atoms with Crippen molar-refractivity contribution in [3.05, 3.63) is 22.1 Å². The number of rotatable bonds is 4. The predicted molar refractivity (Wildman–Crippen MR) is 96.4 cm³/mol. The highest BCUT2D eigenvalue weighted by molar-refractivity contribution is 7.10. The van der Waals surface area contributed by atoms with Crippen molar-refractivity contribution in [2.75, 3.05) is 18.5 Å². The van der Waals surface area contributed by atoms with E-state index in [-0.39, 0.29) is 12.1 Å². The smallest absolute Gasteiger partial charge is 0.323 e. The minimum Gasteiger partial charge on any atom is -0.374 e. The lowest BCUT2D eigenvalue weighted by molar-refractivity contribution is -0.0525. The zero-order chi connectivity index (χ0) is 18.3. The van der Waals surface area contributed by atoms with E-state index in [1.54, 1.807) is 21.7 Å². The lowest BCUT2D eigenvalue weighted by Gasteiger charge is -2.37. The number of carbonyl (C=O) groups is 1. The van der Waals surface area contributed by atoms with Crippen LogP contribution in [0, 0.1) is 0 Å². The standard InChI is InChI=1S/C17H23N5O3S/c1-9(2)13-15(18-8-26-13)20-17(23)22-6-7-24-10(3)12(22)16-19-14(21-25-16)11-4-5-11/h8-12H,4-7H2,1-3H3,(H,20,23)/t10-,12+/m1/s1. The Bertz CT molecular complexity index is 785. The number of amides is 2. The predicted octanol–water partition coefficient (Wildman–Crippen LogP) is 3.52. The van der Waals surface area contributed by atoms with Crippen molar-refractivity contribution >= 4 is 23.2 Å². The van der Waals surface area contributed by atoms with Crippen molar-refractivity contribution in [2.45, 2.75) is 57.6 Å². The number of carbonyl (C=O) groups excluding carboxylic acids is 1. The van der Waals surface area contributed by atoms with Crippen LogP contribution in [0.5, 0.6) is 0 Å². The molecule has 4 rings (SSSR count). The van der Waals surface area contributed by atoms with Gasteiger partial charge in [0.05, 0.1) is 23.1 Å². The van der Waals surface area contributed by atoms with Crippen LogP contribution in [-0.4, -0.2) is 45.3 Å². The molecule has 26 heavy (non-hydrogen) atoms. The summed E-state index contributed by atoms with van der Waals surface area (Å²) in [6, 6.07) is -0.617. The molecule has 0 aromatic carbocycles. The number of hydrogen-bond acceptors (Lipinski definition) is 7. The monoisotopic (exact) mass is 377 g/mol. The Morgan fingerprint density at radius 1 is 1.42 bits per heavy atom. The van der Waals surface area contributed by atoms with Crippen molar-refractivity contribution in [3.8, 4) is 0 Å². The van der Waals surface area contributed by atoms with Crippen LogP contribution in [0.3, 0.4) is 0 Å². The van der Waals surface area contributed by atoms with E-state index >= 15 is 0 Å². The van der Waals surface area contributed by atoms with Crippen LogP contribution in [0.25, 0.3) is 0 Å². The number of nitrogens with zero attached hydrogens (tertiary/aromatic N) is 4. The third-order valence-corrected chi connectivity index (χ3v) is 5.88. The van der Waals surface area contributed by atoms with E-state index in [4.69, 9.17) is 9.26 Å². The average molecular weight is 377 g/mol. The third kappa shape index (κ3) is 3.33. The summed E-state index contributed by atoms with van der Waals surface area (Å²) in [5.74, 6) is 2.50. The summed E-state index contributed by atoms with van der Waals surface area (Å²) in [6.07, 6.45) is 1.98. The van der Waals surface area contributed by atoms with Crippen LogP contribution in [0.15, 0.2) is 10.0 Å². The number of urea groups is 1. The molecule has 0 spiro atoms. The van der Waals surface area contributed by atoms with Crippen LogP contribution in [0.1, 0.15) is 68.1 Å². The molecule has 1 saturated carbocycles. The molecular formula is C17H23N5O3S. The van der Waals surface area contributed by atoms with Gasteiger partial charge in [-0.25, -0.2) is 9.78 Å². The topological polar surface area (TPSA) is 93.4 Å². The highest BCUT2D eigenvalue weighted by Gasteiger charge is 2.39. The number of anilines is 1. The van der Waals surface area contributed by atoms with E-state index in [0.717, 1.165) is 23.5 Å². The fourth-order valence-corrected chi connectivity index (χ4v) is 3.95. The molecule has 2 atom stereocenters. The maximum atomic E-state index is 13.0. The van der Waals surface area contributed by atoms with Gasteiger partial charge < -0.3 is 14.2 Å². The van der Waals surface area contributed by atoms with Gasteiger partial charge in [-0.05, 0) is 25.7 Å². The number of aromatic nitrogens is 3. The van der Waals surface area contributed by atoms with E-state index in [0.29, 0.717) is 36.7 Å². The first-order chi connectivity index (χ1) is 12.5. The van der Waals surface area contributed by atoms with Crippen LogP contribution < -0.4 is 5.32 Å². The van der Waals surface area contributed by atoms with Crippen LogP contribution in [0.4, 0.5) is 10.6 Å². The van der Waals surface area contributed by atoms with Crippen LogP contribution >= 0.6 is 11.3 Å². The maximum Gasteiger partial charge on any atom is 0.323 e. The van der Waals surface area contributed by atoms with E-state index in [9.17, 15) is 4.79 Å². The number of hydrogen-bond donors (Lipinski definition) is 1. The number of nitrogens with one attached hydrogen (secondary N) is 1. The lowest BCUT2D eigenvalue weighted by atomic mass is 10.1. The summed E-state index contributed by atoms with van der Waals surface area (Å²) in [7, 11) is 0. The van der Waals surface area contributed by atoms with Crippen LogP contribution in [-0.2, 0) is 4.74 Å². The van der Waals surface area contributed by atoms with E-state index < -0.39 is 6.04 Å². The molecule has 9 heteroatoms. The summed E-state index contributed by atoms with van der Waals surface area (Å²) in [5.41, 5.74) is 1.75. The van der Waals surface area contributed by atoms with Gasteiger partial charge in [-0.15, -0.1) is 11.3 Å². The summed E-state index contributed by atoms with van der Waals surface area (Å²) < 4.78 is 11.2. The number of thiazole rings is 1. The second kappa shape index (κ2) is 6.96. The summed E-state index contributed by atoms with van der Waals surface area (Å²) in [4.78, 5) is 24.6. The molecule has 0 unspecified atom stereocenters. The molecule has 2 fully saturated rings. The van der Waals surface area contributed by atoms with Crippen molar-refractivity contribution in [3.63, 3.8) is 0 Å². The Kier molecular flexibility index (Phi) is 4.66. The fourth-order valence-electron chi connectivity index (χ4n) is 3.19. The maximum absolute atomic E-state index is 13.0.